The summed E-state index contributed by atoms with van der Waals surface area (Å²) >= 11 is 0. The van der Waals surface area contributed by atoms with E-state index < -0.39 is 0 Å². The average molecular weight is 192 g/mol. The van der Waals surface area contributed by atoms with Crippen LogP contribution in [0.3, 0.4) is 0 Å². The molecule has 3 nitrogen and oxygen atoms in total. The topological polar surface area (TPSA) is 44.1 Å². The molecule has 76 valence electrons. The Hall–Kier alpha value is -1.04. The molecule has 1 saturated heterocycles. The lowest BCUT2D eigenvalue weighted by atomic mass is 9.82. The zero-order valence-corrected chi connectivity index (χ0v) is 8.41. The number of rotatable bonds is 2. The fraction of sp³-hybridized carbons (Fsp3) is 0.818. The number of carbonyl (C=O) groups is 1. The van der Waals surface area contributed by atoms with Gasteiger partial charge in [-0.25, -0.2) is 0 Å². The first kappa shape index (κ1) is 9.51. The van der Waals surface area contributed by atoms with Gasteiger partial charge in [-0.05, 0) is 31.6 Å². The molecule has 1 amide bonds. The molecule has 0 radical (unpaired) electrons. The van der Waals surface area contributed by atoms with Crippen LogP contribution in [0.15, 0.2) is 0 Å². The Labute approximate surface area is 84.7 Å². The van der Waals surface area contributed by atoms with E-state index in [1.165, 1.54) is 19.3 Å². The summed E-state index contributed by atoms with van der Waals surface area (Å²) in [6, 6.07) is 2.07. The SMILES string of the molecule is N#CC1CCCN1C(=O)CC1CCC1. The summed E-state index contributed by atoms with van der Waals surface area (Å²) in [5, 5.41) is 8.85. The van der Waals surface area contributed by atoms with Crippen molar-refractivity contribution in [3.63, 3.8) is 0 Å². The summed E-state index contributed by atoms with van der Waals surface area (Å²) < 4.78 is 0. The van der Waals surface area contributed by atoms with Crippen LogP contribution in [0.5, 0.6) is 0 Å². The summed E-state index contributed by atoms with van der Waals surface area (Å²) in [7, 11) is 0. The van der Waals surface area contributed by atoms with Gasteiger partial charge in [0, 0.05) is 13.0 Å². The predicted octanol–water partition coefficient (Wildman–Crippen LogP) is 1.69. The van der Waals surface area contributed by atoms with Gasteiger partial charge in [-0.1, -0.05) is 6.42 Å². The minimum Gasteiger partial charge on any atom is -0.327 e. The number of nitriles is 1. The summed E-state index contributed by atoms with van der Waals surface area (Å²) in [5.74, 6) is 0.821. The van der Waals surface area contributed by atoms with Gasteiger partial charge in [-0.3, -0.25) is 4.79 Å². The number of hydrogen-bond acceptors (Lipinski definition) is 2. The lowest BCUT2D eigenvalue weighted by Gasteiger charge is -2.28. The second-order valence-electron chi connectivity index (χ2n) is 4.38. The second kappa shape index (κ2) is 4.00. The lowest BCUT2D eigenvalue weighted by Crippen LogP contribution is -2.36. The van der Waals surface area contributed by atoms with Gasteiger partial charge in [0.1, 0.15) is 6.04 Å². The van der Waals surface area contributed by atoms with E-state index in [0.29, 0.717) is 12.3 Å². The summed E-state index contributed by atoms with van der Waals surface area (Å²) in [6.45, 7) is 0.795. The first-order chi connectivity index (χ1) is 6.81. The molecular weight excluding hydrogens is 176 g/mol. The number of likely N-dealkylation sites (tertiary alicyclic amines) is 1. The quantitative estimate of drug-likeness (QED) is 0.668. The van der Waals surface area contributed by atoms with Crippen molar-refractivity contribution in [2.24, 2.45) is 5.92 Å². The van der Waals surface area contributed by atoms with Crippen LogP contribution in [-0.4, -0.2) is 23.4 Å². The zero-order valence-electron chi connectivity index (χ0n) is 8.41. The van der Waals surface area contributed by atoms with Crippen LogP contribution in [0, 0.1) is 17.2 Å². The van der Waals surface area contributed by atoms with Gasteiger partial charge in [0.2, 0.25) is 5.91 Å². The van der Waals surface area contributed by atoms with Gasteiger partial charge in [0.05, 0.1) is 6.07 Å². The van der Waals surface area contributed by atoms with Crippen molar-refractivity contribution < 1.29 is 4.79 Å². The fourth-order valence-electron chi connectivity index (χ4n) is 2.26. The molecule has 0 aromatic heterocycles. The molecular formula is C11H16N2O. The highest BCUT2D eigenvalue weighted by molar-refractivity contribution is 5.77. The Balaban J connectivity index is 1.87. The second-order valence-corrected chi connectivity index (χ2v) is 4.38. The molecule has 1 aliphatic heterocycles. The molecule has 0 spiro atoms. The van der Waals surface area contributed by atoms with Crippen molar-refractivity contribution in [3.8, 4) is 6.07 Å². The van der Waals surface area contributed by atoms with E-state index in [0.717, 1.165) is 19.4 Å². The Morgan fingerprint density at radius 2 is 2.14 bits per heavy atom. The molecule has 0 aromatic carbocycles. The van der Waals surface area contributed by atoms with E-state index >= 15 is 0 Å². The highest BCUT2D eigenvalue weighted by Gasteiger charge is 2.30. The van der Waals surface area contributed by atoms with Crippen LogP contribution in [0.4, 0.5) is 0 Å². The Morgan fingerprint density at radius 3 is 2.71 bits per heavy atom. The third-order valence-electron chi connectivity index (χ3n) is 3.41. The van der Waals surface area contributed by atoms with Crippen LogP contribution >= 0.6 is 0 Å². The molecule has 2 aliphatic rings. The number of amides is 1. The minimum absolute atomic E-state index is 0.137. The third kappa shape index (κ3) is 1.75. The van der Waals surface area contributed by atoms with Crippen molar-refractivity contribution in [1.29, 1.82) is 5.26 Å². The highest BCUT2D eigenvalue weighted by atomic mass is 16.2. The maximum atomic E-state index is 11.8. The first-order valence-electron chi connectivity index (χ1n) is 5.50. The van der Waals surface area contributed by atoms with Crippen molar-refractivity contribution in [3.05, 3.63) is 0 Å². The number of carbonyl (C=O) groups excluding carboxylic acids is 1. The van der Waals surface area contributed by atoms with Gasteiger partial charge in [-0.2, -0.15) is 5.26 Å². The Morgan fingerprint density at radius 1 is 1.36 bits per heavy atom. The van der Waals surface area contributed by atoms with Gasteiger partial charge in [0.15, 0.2) is 0 Å². The first-order valence-corrected chi connectivity index (χ1v) is 5.50. The van der Waals surface area contributed by atoms with Crippen LogP contribution in [0.2, 0.25) is 0 Å². The molecule has 14 heavy (non-hydrogen) atoms. The number of hydrogen-bond donors (Lipinski definition) is 0. The molecule has 3 heteroatoms. The average Bonchev–Trinajstić information content (AvgIpc) is 2.58. The van der Waals surface area contributed by atoms with Crippen molar-refractivity contribution in [2.75, 3.05) is 6.54 Å². The maximum absolute atomic E-state index is 11.8. The van der Waals surface area contributed by atoms with Crippen molar-refractivity contribution in [2.45, 2.75) is 44.6 Å². The molecule has 1 heterocycles. The minimum atomic E-state index is -0.137. The standard InChI is InChI=1S/C11H16N2O/c12-8-10-5-2-6-13(10)11(14)7-9-3-1-4-9/h9-10H,1-7H2. The third-order valence-corrected chi connectivity index (χ3v) is 3.41. The molecule has 1 atom stereocenters. The fourth-order valence-corrected chi connectivity index (χ4v) is 2.26. The molecule has 2 rings (SSSR count). The van der Waals surface area contributed by atoms with E-state index in [4.69, 9.17) is 5.26 Å². The molecule has 2 fully saturated rings. The molecule has 1 aliphatic carbocycles. The zero-order chi connectivity index (χ0) is 9.97. The van der Waals surface area contributed by atoms with Gasteiger partial charge < -0.3 is 4.90 Å². The summed E-state index contributed by atoms with van der Waals surface area (Å²) in [5.41, 5.74) is 0. The van der Waals surface area contributed by atoms with Crippen LogP contribution < -0.4 is 0 Å². The Kier molecular flexibility index (Phi) is 2.72. The smallest absolute Gasteiger partial charge is 0.223 e. The highest BCUT2D eigenvalue weighted by Crippen LogP contribution is 2.31. The van der Waals surface area contributed by atoms with Crippen LogP contribution in [0.1, 0.15) is 38.5 Å². The molecule has 0 aromatic rings. The van der Waals surface area contributed by atoms with Crippen LogP contribution in [-0.2, 0) is 4.79 Å². The van der Waals surface area contributed by atoms with Gasteiger partial charge in [0.25, 0.3) is 0 Å². The van der Waals surface area contributed by atoms with Gasteiger partial charge >= 0.3 is 0 Å². The van der Waals surface area contributed by atoms with E-state index in [2.05, 4.69) is 6.07 Å². The molecule has 1 unspecified atom stereocenters. The largest absolute Gasteiger partial charge is 0.327 e. The van der Waals surface area contributed by atoms with Crippen molar-refractivity contribution in [1.82, 2.24) is 4.90 Å². The van der Waals surface area contributed by atoms with Crippen molar-refractivity contribution >= 4 is 5.91 Å². The Bertz CT molecular complexity index is 265. The predicted molar refractivity (Wildman–Crippen MR) is 52.3 cm³/mol. The molecule has 1 saturated carbocycles. The van der Waals surface area contributed by atoms with E-state index in [1.54, 1.807) is 4.90 Å². The van der Waals surface area contributed by atoms with E-state index in [-0.39, 0.29) is 11.9 Å². The normalized spacial score (nSPS) is 27.1. The monoisotopic (exact) mass is 192 g/mol. The van der Waals surface area contributed by atoms with Gasteiger partial charge in [-0.15, -0.1) is 0 Å². The van der Waals surface area contributed by atoms with E-state index in [1.807, 2.05) is 0 Å². The molecule has 0 bridgehead atoms. The summed E-state index contributed by atoms with van der Waals surface area (Å²) in [4.78, 5) is 13.6. The maximum Gasteiger partial charge on any atom is 0.223 e. The van der Waals surface area contributed by atoms with Crippen LogP contribution in [0.25, 0.3) is 0 Å². The van der Waals surface area contributed by atoms with E-state index in [9.17, 15) is 4.79 Å². The lowest BCUT2D eigenvalue weighted by molar-refractivity contribution is -0.132. The molecule has 0 N–H and O–H groups in total. The summed E-state index contributed by atoms with van der Waals surface area (Å²) in [6.07, 6.45) is 6.23. The number of nitrogens with zero attached hydrogens (tertiary/aromatic N) is 2.